The monoisotopic (exact) mass is 348 g/mol. The molecule has 1 saturated carbocycles. The first-order chi connectivity index (χ1) is 11.6. The molecule has 1 aromatic rings. The van der Waals surface area contributed by atoms with Crippen molar-refractivity contribution in [3.63, 3.8) is 0 Å². The zero-order valence-electron chi connectivity index (χ0n) is 13.8. The summed E-state index contributed by atoms with van der Waals surface area (Å²) in [6.45, 7) is 2.00. The average molecular weight is 349 g/mol. The Balaban J connectivity index is 1.95. The van der Waals surface area contributed by atoms with Crippen LogP contribution in [0.15, 0.2) is 29.3 Å². The maximum absolute atomic E-state index is 13.0. The van der Waals surface area contributed by atoms with Gasteiger partial charge in [-0.3, -0.25) is 14.6 Å². The first-order valence-electron chi connectivity index (χ1n) is 8.39. The lowest BCUT2D eigenvalue weighted by Crippen LogP contribution is -2.50. The molecule has 1 fully saturated rings. The summed E-state index contributed by atoms with van der Waals surface area (Å²) in [5, 5.41) is 0.560. The highest BCUT2D eigenvalue weighted by atomic mass is 35.5. The first-order valence-corrected chi connectivity index (χ1v) is 8.77. The number of aliphatic imine (C=N–C) groups is 1. The molecule has 1 spiro atoms. The number of benzene rings is 1. The van der Waals surface area contributed by atoms with Gasteiger partial charge in [0.1, 0.15) is 17.9 Å². The molecule has 1 amide bonds. The van der Waals surface area contributed by atoms with Crippen molar-refractivity contribution in [1.29, 1.82) is 0 Å². The van der Waals surface area contributed by atoms with Crippen LogP contribution in [0.2, 0.25) is 5.02 Å². The summed E-state index contributed by atoms with van der Waals surface area (Å²) in [4.78, 5) is 31.3. The van der Waals surface area contributed by atoms with E-state index in [0.717, 1.165) is 32.1 Å². The van der Waals surface area contributed by atoms with E-state index in [4.69, 9.17) is 21.3 Å². The van der Waals surface area contributed by atoms with Crippen LogP contribution in [-0.4, -0.2) is 41.3 Å². The minimum Gasteiger partial charge on any atom is -0.465 e. The van der Waals surface area contributed by atoms with Crippen molar-refractivity contribution in [1.82, 2.24) is 4.90 Å². The summed E-state index contributed by atoms with van der Waals surface area (Å²) in [5.41, 5.74) is 0.479. The molecule has 0 unspecified atom stereocenters. The summed E-state index contributed by atoms with van der Waals surface area (Å²) < 4.78 is 5.04. The van der Waals surface area contributed by atoms with Crippen LogP contribution < -0.4 is 0 Å². The lowest BCUT2D eigenvalue weighted by molar-refractivity contribution is -0.150. The molecule has 1 aliphatic carbocycles. The number of nitrogens with zero attached hydrogens (tertiary/aromatic N) is 2. The Hall–Kier alpha value is -1.88. The van der Waals surface area contributed by atoms with Crippen LogP contribution >= 0.6 is 11.6 Å². The molecule has 1 heterocycles. The van der Waals surface area contributed by atoms with Crippen LogP contribution in [0, 0.1) is 0 Å². The molecule has 3 rings (SSSR count). The number of hydrogen-bond donors (Lipinski definition) is 0. The van der Waals surface area contributed by atoms with Gasteiger partial charge < -0.3 is 9.64 Å². The maximum Gasteiger partial charge on any atom is 0.325 e. The van der Waals surface area contributed by atoms with Gasteiger partial charge in [-0.15, -0.1) is 0 Å². The quantitative estimate of drug-likeness (QED) is 0.785. The molecule has 24 heavy (non-hydrogen) atoms. The smallest absolute Gasteiger partial charge is 0.325 e. The summed E-state index contributed by atoms with van der Waals surface area (Å²) >= 11 is 6.06. The van der Waals surface area contributed by atoms with Gasteiger partial charge in [-0.1, -0.05) is 30.2 Å². The van der Waals surface area contributed by atoms with Gasteiger partial charge in [0, 0.05) is 10.6 Å². The maximum atomic E-state index is 13.0. The lowest BCUT2D eigenvalue weighted by Gasteiger charge is -2.38. The van der Waals surface area contributed by atoms with Gasteiger partial charge >= 0.3 is 5.97 Å². The van der Waals surface area contributed by atoms with E-state index in [9.17, 15) is 9.59 Å². The van der Waals surface area contributed by atoms with Crippen molar-refractivity contribution in [3.05, 3.63) is 34.9 Å². The number of carbonyl (C=O) groups is 2. The first kappa shape index (κ1) is 17.0. The van der Waals surface area contributed by atoms with E-state index in [2.05, 4.69) is 0 Å². The fourth-order valence-corrected chi connectivity index (χ4v) is 3.70. The van der Waals surface area contributed by atoms with Gasteiger partial charge in [-0.25, -0.2) is 0 Å². The third-order valence-electron chi connectivity index (χ3n) is 4.61. The third-order valence-corrected chi connectivity index (χ3v) is 4.85. The van der Waals surface area contributed by atoms with Crippen molar-refractivity contribution in [3.8, 4) is 0 Å². The topological polar surface area (TPSA) is 59.0 Å². The summed E-state index contributed by atoms with van der Waals surface area (Å²) in [6.07, 6.45) is 4.69. The minimum atomic E-state index is -0.611. The van der Waals surface area contributed by atoms with E-state index in [-0.39, 0.29) is 12.5 Å². The predicted molar refractivity (Wildman–Crippen MR) is 92.2 cm³/mol. The Morgan fingerprint density at radius 2 is 2.08 bits per heavy atom. The highest BCUT2D eigenvalue weighted by Gasteiger charge is 2.48. The lowest BCUT2D eigenvalue weighted by atomic mass is 9.88. The SMILES string of the molecule is CCOC(=O)CN1C(=O)C(c2cccc(Cl)c2)=NC12CCCCC2. The van der Waals surface area contributed by atoms with E-state index >= 15 is 0 Å². The fraction of sp³-hybridized carbons (Fsp3) is 0.500. The van der Waals surface area contributed by atoms with Crippen molar-refractivity contribution in [2.45, 2.75) is 44.7 Å². The van der Waals surface area contributed by atoms with Crippen LogP contribution in [0.4, 0.5) is 0 Å². The fourth-order valence-electron chi connectivity index (χ4n) is 3.51. The number of rotatable bonds is 4. The van der Waals surface area contributed by atoms with Gasteiger partial charge in [-0.05, 0) is 44.7 Å². The Morgan fingerprint density at radius 3 is 2.75 bits per heavy atom. The van der Waals surface area contributed by atoms with Crippen LogP contribution in [0.5, 0.6) is 0 Å². The van der Waals surface area contributed by atoms with Crippen LogP contribution in [0.1, 0.15) is 44.6 Å². The van der Waals surface area contributed by atoms with Gasteiger partial charge in [0.05, 0.1) is 6.61 Å². The normalized spacial score (nSPS) is 19.5. The molecule has 0 aromatic heterocycles. The van der Waals surface area contributed by atoms with E-state index < -0.39 is 11.6 Å². The van der Waals surface area contributed by atoms with E-state index in [0.29, 0.717) is 22.9 Å². The number of esters is 1. The second kappa shape index (κ2) is 6.93. The molecule has 1 aromatic carbocycles. The molecule has 1 aliphatic heterocycles. The van der Waals surface area contributed by atoms with E-state index in [1.165, 1.54) is 0 Å². The Bertz CT molecular complexity index is 681. The van der Waals surface area contributed by atoms with Crippen molar-refractivity contribution in [2.75, 3.05) is 13.2 Å². The van der Waals surface area contributed by atoms with Gasteiger partial charge in [0.2, 0.25) is 0 Å². The predicted octanol–water partition coefficient (Wildman–Crippen LogP) is 3.19. The van der Waals surface area contributed by atoms with E-state index in [1.807, 2.05) is 6.07 Å². The van der Waals surface area contributed by atoms with Crippen molar-refractivity contribution < 1.29 is 14.3 Å². The second-order valence-electron chi connectivity index (χ2n) is 6.21. The molecule has 0 bridgehead atoms. The molecule has 0 N–H and O–H groups in total. The second-order valence-corrected chi connectivity index (χ2v) is 6.65. The highest BCUT2D eigenvalue weighted by Crippen LogP contribution is 2.39. The molecule has 128 valence electrons. The van der Waals surface area contributed by atoms with Gasteiger partial charge in [0.25, 0.3) is 5.91 Å². The zero-order chi connectivity index (χ0) is 17.2. The van der Waals surface area contributed by atoms with Crippen molar-refractivity contribution >= 4 is 29.2 Å². The molecular formula is C18H21ClN2O3. The highest BCUT2D eigenvalue weighted by molar-refractivity contribution is 6.47. The van der Waals surface area contributed by atoms with Crippen LogP contribution in [-0.2, 0) is 14.3 Å². The number of ether oxygens (including phenoxy) is 1. The standard InChI is InChI=1S/C18H21ClN2O3/c1-2-24-15(22)12-21-17(23)16(13-7-6-8-14(19)11-13)20-18(21)9-4-3-5-10-18/h6-8,11H,2-5,9-10,12H2,1H3. The molecule has 5 nitrogen and oxygen atoms in total. The molecule has 0 radical (unpaired) electrons. The van der Waals surface area contributed by atoms with Crippen LogP contribution in [0.3, 0.4) is 0 Å². The molecule has 0 atom stereocenters. The summed E-state index contributed by atoms with van der Waals surface area (Å²) in [6, 6.07) is 7.13. The number of carbonyl (C=O) groups excluding carboxylic acids is 2. The minimum absolute atomic E-state index is 0.0553. The van der Waals surface area contributed by atoms with Gasteiger partial charge in [-0.2, -0.15) is 0 Å². The Labute approximate surface area is 146 Å². The molecule has 0 saturated heterocycles. The van der Waals surface area contributed by atoms with Crippen LogP contribution in [0.25, 0.3) is 0 Å². The summed E-state index contributed by atoms with van der Waals surface area (Å²) in [5.74, 6) is -0.606. The molecule has 2 aliphatic rings. The number of hydrogen-bond acceptors (Lipinski definition) is 4. The number of amides is 1. The molecular weight excluding hydrogens is 328 g/mol. The number of halogens is 1. The average Bonchev–Trinajstić information content (AvgIpc) is 2.82. The third kappa shape index (κ3) is 3.18. The van der Waals surface area contributed by atoms with Gasteiger partial charge in [0.15, 0.2) is 0 Å². The zero-order valence-corrected chi connectivity index (χ0v) is 14.5. The summed E-state index contributed by atoms with van der Waals surface area (Å²) in [7, 11) is 0. The van der Waals surface area contributed by atoms with E-state index in [1.54, 1.807) is 30.0 Å². The Kier molecular flexibility index (Phi) is 4.90. The largest absolute Gasteiger partial charge is 0.465 e. The van der Waals surface area contributed by atoms with Crippen molar-refractivity contribution in [2.24, 2.45) is 4.99 Å². The Morgan fingerprint density at radius 1 is 1.33 bits per heavy atom. The molecule has 6 heteroatoms.